The molecule has 0 bridgehead atoms. The van der Waals surface area contributed by atoms with E-state index in [0.717, 1.165) is 5.69 Å². The van der Waals surface area contributed by atoms with Crippen LogP contribution in [0, 0.1) is 5.92 Å². The molecule has 1 aromatic heterocycles. The molecule has 88 valence electrons. The molecule has 0 spiro atoms. The van der Waals surface area contributed by atoms with E-state index in [2.05, 4.69) is 9.55 Å². The van der Waals surface area contributed by atoms with Crippen molar-refractivity contribution < 1.29 is 4.79 Å². The first-order valence-electron chi connectivity index (χ1n) is 6.26. The third kappa shape index (κ3) is 2.18. The molecular formula is C13H20N2O. The molecule has 16 heavy (non-hydrogen) atoms. The van der Waals surface area contributed by atoms with Crippen LogP contribution in [0.1, 0.15) is 62.5 Å². The van der Waals surface area contributed by atoms with Gasteiger partial charge in [0.2, 0.25) is 0 Å². The molecule has 0 aromatic carbocycles. The molecular weight excluding hydrogens is 200 g/mol. The molecule has 0 aliphatic heterocycles. The van der Waals surface area contributed by atoms with Crippen LogP contribution in [0.3, 0.4) is 0 Å². The van der Waals surface area contributed by atoms with Gasteiger partial charge in [-0.2, -0.15) is 0 Å². The molecule has 1 aliphatic carbocycles. The Morgan fingerprint density at radius 3 is 2.69 bits per heavy atom. The van der Waals surface area contributed by atoms with E-state index in [1.165, 1.54) is 32.1 Å². The van der Waals surface area contributed by atoms with Crippen LogP contribution >= 0.6 is 0 Å². The van der Waals surface area contributed by atoms with Crippen molar-refractivity contribution in [3.05, 3.63) is 18.2 Å². The fraction of sp³-hybridized carbons (Fsp3) is 0.692. The number of aromatic nitrogens is 2. The maximum absolute atomic E-state index is 12.0. The molecule has 0 N–H and O–H groups in total. The van der Waals surface area contributed by atoms with Crippen molar-refractivity contribution in [1.29, 1.82) is 0 Å². The van der Waals surface area contributed by atoms with Gasteiger partial charge in [-0.05, 0) is 12.8 Å². The molecule has 2 rings (SSSR count). The van der Waals surface area contributed by atoms with E-state index in [4.69, 9.17) is 0 Å². The smallest absolute Gasteiger partial charge is 0.183 e. The van der Waals surface area contributed by atoms with E-state index < -0.39 is 0 Å². The van der Waals surface area contributed by atoms with Gasteiger partial charge in [-0.3, -0.25) is 4.79 Å². The lowest BCUT2D eigenvalue weighted by atomic mass is 9.94. The van der Waals surface area contributed by atoms with Crippen LogP contribution in [0.15, 0.2) is 12.5 Å². The Bertz CT molecular complexity index is 362. The summed E-state index contributed by atoms with van der Waals surface area (Å²) in [6.45, 7) is 3.89. The van der Waals surface area contributed by atoms with Crippen molar-refractivity contribution in [1.82, 2.24) is 9.55 Å². The predicted molar refractivity (Wildman–Crippen MR) is 63.5 cm³/mol. The van der Waals surface area contributed by atoms with Crippen molar-refractivity contribution in [2.45, 2.75) is 52.0 Å². The lowest BCUT2D eigenvalue weighted by Gasteiger charge is -2.24. The van der Waals surface area contributed by atoms with Crippen molar-refractivity contribution in [2.24, 2.45) is 5.92 Å². The highest BCUT2D eigenvalue weighted by Crippen LogP contribution is 2.29. The summed E-state index contributed by atoms with van der Waals surface area (Å²) in [5.74, 6) is 0.266. The van der Waals surface area contributed by atoms with E-state index in [1.807, 2.05) is 20.2 Å². The van der Waals surface area contributed by atoms with Crippen molar-refractivity contribution in [3.8, 4) is 0 Å². The van der Waals surface area contributed by atoms with E-state index >= 15 is 0 Å². The molecule has 0 unspecified atom stereocenters. The minimum Gasteiger partial charge on any atom is -0.325 e. The van der Waals surface area contributed by atoms with Crippen LogP contribution in [0.4, 0.5) is 0 Å². The van der Waals surface area contributed by atoms with E-state index in [-0.39, 0.29) is 11.7 Å². The van der Waals surface area contributed by atoms with Gasteiger partial charge in [0.05, 0.1) is 12.5 Å². The third-order valence-electron chi connectivity index (χ3n) is 3.41. The zero-order chi connectivity index (χ0) is 11.5. The molecule has 1 aliphatic rings. The van der Waals surface area contributed by atoms with Crippen LogP contribution in [-0.2, 0) is 0 Å². The lowest BCUT2D eigenvalue weighted by Crippen LogP contribution is -2.19. The van der Waals surface area contributed by atoms with Gasteiger partial charge in [-0.1, -0.05) is 33.1 Å². The highest BCUT2D eigenvalue weighted by molar-refractivity contribution is 5.95. The molecule has 1 heterocycles. The second-order valence-corrected chi connectivity index (χ2v) is 5.00. The van der Waals surface area contributed by atoms with Crippen LogP contribution in [-0.4, -0.2) is 15.3 Å². The summed E-state index contributed by atoms with van der Waals surface area (Å²) < 4.78 is 2.10. The van der Waals surface area contributed by atoms with Gasteiger partial charge < -0.3 is 4.57 Å². The minimum atomic E-state index is 0.0547. The summed E-state index contributed by atoms with van der Waals surface area (Å²) in [5, 5.41) is 0. The summed E-state index contributed by atoms with van der Waals surface area (Å²) in [6.07, 6.45) is 9.81. The van der Waals surface area contributed by atoms with Crippen LogP contribution in [0.5, 0.6) is 0 Å². The number of nitrogens with zero attached hydrogens (tertiary/aromatic N) is 2. The summed E-state index contributed by atoms with van der Waals surface area (Å²) >= 11 is 0. The van der Waals surface area contributed by atoms with Gasteiger partial charge in [0.25, 0.3) is 0 Å². The Kier molecular flexibility index (Phi) is 3.42. The number of imidazole rings is 1. The predicted octanol–water partition coefficient (Wildman–Crippen LogP) is 3.23. The molecule has 1 saturated carbocycles. The molecule has 0 radical (unpaired) electrons. The molecule has 1 fully saturated rings. The third-order valence-corrected chi connectivity index (χ3v) is 3.41. The van der Waals surface area contributed by atoms with Gasteiger partial charge in [-0.25, -0.2) is 4.98 Å². The van der Waals surface area contributed by atoms with Gasteiger partial charge in [-0.15, -0.1) is 0 Å². The lowest BCUT2D eigenvalue weighted by molar-refractivity contribution is 0.0926. The molecule has 3 nitrogen and oxygen atoms in total. The number of Topliss-reactive ketones (excluding diaryl/α,β-unsaturated/α-hetero) is 1. The van der Waals surface area contributed by atoms with Gasteiger partial charge in [0.1, 0.15) is 5.69 Å². The Balaban J connectivity index is 2.21. The number of carbonyl (C=O) groups is 1. The first-order valence-corrected chi connectivity index (χ1v) is 6.26. The summed E-state index contributed by atoms with van der Waals surface area (Å²) in [7, 11) is 0. The van der Waals surface area contributed by atoms with E-state index in [9.17, 15) is 4.79 Å². The largest absolute Gasteiger partial charge is 0.325 e. The zero-order valence-electron chi connectivity index (χ0n) is 10.1. The fourth-order valence-electron chi connectivity index (χ4n) is 2.44. The van der Waals surface area contributed by atoms with Crippen molar-refractivity contribution >= 4 is 5.78 Å². The SMILES string of the molecule is CC(C)C(=O)c1cncn1C1CCCCC1. The maximum atomic E-state index is 12.0. The summed E-state index contributed by atoms with van der Waals surface area (Å²) in [4.78, 5) is 16.2. The minimum absolute atomic E-state index is 0.0547. The van der Waals surface area contributed by atoms with E-state index in [0.29, 0.717) is 6.04 Å². The van der Waals surface area contributed by atoms with Gasteiger partial charge in [0, 0.05) is 12.0 Å². The standard InChI is InChI=1S/C13H20N2O/c1-10(2)13(16)12-8-14-9-15(12)11-6-4-3-5-7-11/h8-11H,3-7H2,1-2H3. The highest BCUT2D eigenvalue weighted by atomic mass is 16.1. The highest BCUT2D eigenvalue weighted by Gasteiger charge is 2.21. The fourth-order valence-corrected chi connectivity index (χ4v) is 2.44. The Labute approximate surface area is 96.9 Å². The first kappa shape index (κ1) is 11.4. The molecule has 3 heteroatoms. The van der Waals surface area contributed by atoms with E-state index in [1.54, 1.807) is 6.20 Å². The zero-order valence-corrected chi connectivity index (χ0v) is 10.1. The van der Waals surface area contributed by atoms with Crippen molar-refractivity contribution in [2.75, 3.05) is 0 Å². The molecule has 0 saturated heterocycles. The maximum Gasteiger partial charge on any atom is 0.183 e. The summed E-state index contributed by atoms with van der Waals surface area (Å²) in [5.41, 5.74) is 0.793. The number of ketones is 1. The molecule has 0 atom stereocenters. The van der Waals surface area contributed by atoms with Gasteiger partial charge in [0.15, 0.2) is 5.78 Å². The average molecular weight is 220 g/mol. The quantitative estimate of drug-likeness (QED) is 0.733. The summed E-state index contributed by atoms with van der Waals surface area (Å²) in [6, 6.07) is 0.494. The number of carbonyl (C=O) groups excluding carboxylic acids is 1. The van der Waals surface area contributed by atoms with Crippen LogP contribution in [0.2, 0.25) is 0 Å². The van der Waals surface area contributed by atoms with Gasteiger partial charge >= 0.3 is 0 Å². The monoisotopic (exact) mass is 220 g/mol. The number of rotatable bonds is 3. The Hall–Kier alpha value is -1.12. The number of hydrogen-bond donors (Lipinski definition) is 0. The number of hydrogen-bond acceptors (Lipinski definition) is 2. The van der Waals surface area contributed by atoms with Crippen LogP contribution < -0.4 is 0 Å². The second kappa shape index (κ2) is 4.81. The molecule has 1 aromatic rings. The average Bonchev–Trinajstić information content (AvgIpc) is 2.77. The Morgan fingerprint density at radius 1 is 1.38 bits per heavy atom. The first-order chi connectivity index (χ1) is 7.70. The normalized spacial score (nSPS) is 17.9. The molecule has 0 amide bonds. The van der Waals surface area contributed by atoms with Crippen molar-refractivity contribution in [3.63, 3.8) is 0 Å². The van der Waals surface area contributed by atoms with Crippen LogP contribution in [0.25, 0.3) is 0 Å². The Morgan fingerprint density at radius 2 is 2.06 bits per heavy atom. The second-order valence-electron chi connectivity index (χ2n) is 5.00. The topological polar surface area (TPSA) is 34.9 Å².